The van der Waals surface area contributed by atoms with E-state index in [1.165, 1.54) is 7.05 Å². The van der Waals surface area contributed by atoms with Crippen molar-refractivity contribution in [2.45, 2.75) is 0 Å². The number of hydrogen-bond donors (Lipinski definition) is 1. The third kappa shape index (κ3) is 0.851. The van der Waals surface area contributed by atoms with Crippen molar-refractivity contribution in [1.82, 2.24) is 19.1 Å². The summed E-state index contributed by atoms with van der Waals surface area (Å²) in [5, 5.41) is 0. The van der Waals surface area contributed by atoms with Crippen molar-refractivity contribution in [3.8, 4) is 0 Å². The summed E-state index contributed by atoms with van der Waals surface area (Å²) in [6, 6.07) is 0. The third-order valence-corrected chi connectivity index (χ3v) is 1.81. The fourth-order valence-electron chi connectivity index (χ4n) is 1.09. The van der Waals surface area contributed by atoms with Gasteiger partial charge in [0.05, 0.1) is 6.30 Å². The molecular weight excluding hydrogens is 172 g/mol. The van der Waals surface area contributed by atoms with E-state index in [2.05, 4.69) is 4.98 Å². The van der Waals surface area contributed by atoms with Crippen molar-refractivity contribution in [1.29, 1.82) is 0 Å². The maximum Gasteiger partial charge on any atom is 0.332 e. The molecule has 0 unspecified atom stereocenters. The van der Waals surface area contributed by atoms with Gasteiger partial charge in [0.1, 0.15) is 6.89 Å². The van der Waals surface area contributed by atoms with E-state index in [9.17, 15) is 9.59 Å². The molecule has 68 valence electrons. The first-order valence-corrected chi connectivity index (χ1v) is 3.46. The van der Waals surface area contributed by atoms with E-state index in [1.54, 1.807) is 0 Å². The second-order valence-corrected chi connectivity index (χ2v) is 2.57. The molecule has 2 rings (SSSR count). The molecule has 2 aromatic rings. The number of aromatic amines is 1. The molecule has 6 heteroatoms. The first kappa shape index (κ1) is 5.00. The number of aromatic nitrogens is 4. The molecule has 6 nitrogen and oxygen atoms in total. The number of nitrogens with one attached hydrogen (secondary N) is 1. The van der Waals surface area contributed by atoms with Gasteiger partial charge < -0.3 is 4.98 Å². The van der Waals surface area contributed by atoms with Gasteiger partial charge in [-0.3, -0.25) is 13.9 Å². The average Bonchev–Trinajstić information content (AvgIpc) is 2.54. The Morgan fingerprint density at radius 1 is 1.69 bits per heavy atom. The second-order valence-electron chi connectivity index (χ2n) is 2.57. The number of rotatable bonds is 0. The minimum atomic E-state index is -0.769. The Kier molecular flexibility index (Phi) is 0.892. The van der Waals surface area contributed by atoms with Gasteiger partial charge in [-0.25, -0.2) is 9.78 Å². The highest BCUT2D eigenvalue weighted by atomic mass is 16.2. The van der Waals surface area contributed by atoms with Gasteiger partial charge in [0, 0.05) is 15.4 Å². The Morgan fingerprint density at radius 2 is 2.46 bits per heavy atom. The molecule has 0 saturated heterocycles. The van der Waals surface area contributed by atoms with Crippen LogP contribution in [0, 0.1) is 0 Å². The molecule has 0 spiro atoms. The summed E-state index contributed by atoms with van der Waals surface area (Å²) in [5.41, 5.74) is -1.63. The van der Waals surface area contributed by atoms with E-state index in [0.29, 0.717) is 9.54 Å². The van der Waals surface area contributed by atoms with Crippen molar-refractivity contribution in [2.75, 3.05) is 0 Å². The minimum Gasteiger partial charge on any atom is -0.339 e. The van der Waals surface area contributed by atoms with Crippen LogP contribution in [0.3, 0.4) is 0 Å². The van der Waals surface area contributed by atoms with Crippen LogP contribution in [-0.4, -0.2) is 19.1 Å². The van der Waals surface area contributed by atoms with Crippen molar-refractivity contribution in [2.24, 2.45) is 14.1 Å². The zero-order valence-corrected chi connectivity index (χ0v) is 6.81. The SMILES string of the molecule is [2H]Cn1c(=O)c2c(nc([2H])n2[2H])n(C)c1=O. The lowest BCUT2D eigenvalue weighted by Gasteiger charge is -2.00. The Balaban J connectivity index is 3.15. The van der Waals surface area contributed by atoms with Gasteiger partial charge >= 0.3 is 5.69 Å². The molecule has 0 aliphatic carbocycles. The molecule has 2 heterocycles. The van der Waals surface area contributed by atoms with E-state index in [-0.39, 0.29) is 11.2 Å². The standard InChI is InChI=1S/C7H8N4O2/c1-10-5-4(8-3-9-5)6(12)11(2)7(10)13/h3H,1-2H3,(H,8,9)/i2D,3D/hD. The predicted octanol–water partition coefficient (Wildman–Crippen LogP) is -1.04. The zero-order chi connectivity index (χ0) is 12.0. The normalized spacial score (nSPS) is 14.1. The Hall–Kier alpha value is -1.85. The molecule has 0 saturated carbocycles. The van der Waals surface area contributed by atoms with Crippen LogP contribution in [0.5, 0.6) is 0 Å². The van der Waals surface area contributed by atoms with Crippen LogP contribution in [0.4, 0.5) is 0 Å². The van der Waals surface area contributed by atoms with Crippen LogP contribution in [0.15, 0.2) is 15.9 Å². The smallest absolute Gasteiger partial charge is 0.332 e. The van der Waals surface area contributed by atoms with Crippen molar-refractivity contribution >= 4 is 11.2 Å². The molecule has 0 aromatic carbocycles. The summed E-state index contributed by atoms with van der Waals surface area (Å²) in [4.78, 5) is 27.5. The van der Waals surface area contributed by atoms with Crippen LogP contribution >= 0.6 is 0 Å². The van der Waals surface area contributed by atoms with Crippen molar-refractivity contribution in [3.05, 3.63) is 27.1 Å². The molecule has 0 aliphatic rings. The number of imidazole rings is 1. The highest BCUT2D eigenvalue weighted by Gasteiger charge is 2.08. The van der Waals surface area contributed by atoms with E-state index in [4.69, 9.17) is 4.15 Å². The lowest BCUT2D eigenvalue weighted by atomic mass is 10.5. The van der Waals surface area contributed by atoms with Gasteiger partial charge in [0.15, 0.2) is 7.06 Å². The molecule has 0 atom stereocenters. The average molecular weight is 183 g/mol. The largest absolute Gasteiger partial charge is 0.339 e. The topological polar surface area (TPSA) is 72.7 Å². The molecule has 2 aromatic heterocycles. The molecule has 13 heavy (non-hydrogen) atoms. The fourth-order valence-corrected chi connectivity index (χ4v) is 1.09. The summed E-state index contributed by atoms with van der Waals surface area (Å²) >= 11 is 0. The zero-order valence-electron chi connectivity index (χ0n) is 9.81. The summed E-state index contributed by atoms with van der Waals surface area (Å²) in [7, 11) is 0.850. The minimum absolute atomic E-state index is 0.0142. The quantitative estimate of drug-likeness (QED) is 0.567. The molecule has 1 N–H and O–H groups in total. The van der Waals surface area contributed by atoms with Gasteiger partial charge in [-0.2, -0.15) is 0 Å². The molecule has 0 bridgehead atoms. The van der Waals surface area contributed by atoms with E-state index >= 15 is 0 Å². The van der Waals surface area contributed by atoms with E-state index in [0.717, 1.165) is 4.57 Å². The molecule has 0 fully saturated rings. The summed E-state index contributed by atoms with van der Waals surface area (Å²) < 4.78 is 23.5. The highest BCUT2D eigenvalue weighted by molar-refractivity contribution is 5.68. The van der Waals surface area contributed by atoms with Gasteiger partial charge in [0.2, 0.25) is 0 Å². The number of nitrogens with zero attached hydrogens (tertiary/aromatic N) is 3. The van der Waals surface area contributed by atoms with Crippen LogP contribution in [0.1, 0.15) is 2.74 Å². The van der Waals surface area contributed by atoms with E-state index in [1.807, 2.05) is 0 Å². The first-order valence-electron chi connectivity index (χ1n) is 5.11. The van der Waals surface area contributed by atoms with Gasteiger partial charge in [-0.1, -0.05) is 0 Å². The predicted molar refractivity (Wildman–Crippen MR) is 46.6 cm³/mol. The van der Waals surface area contributed by atoms with E-state index < -0.39 is 24.6 Å². The molecular formula is C7H8N4O2. The number of hydrogen-bond acceptors (Lipinski definition) is 3. The number of fused-ring (bicyclic) bond motifs is 1. The number of aryl methyl sites for hydroxylation is 1. The Bertz CT molecular complexity index is 683. The lowest BCUT2D eigenvalue weighted by molar-refractivity contribution is 0.709. The lowest BCUT2D eigenvalue weighted by Crippen LogP contribution is -2.36. The Morgan fingerprint density at radius 3 is 3.15 bits per heavy atom. The first-order chi connectivity index (χ1) is 7.49. The highest BCUT2D eigenvalue weighted by Crippen LogP contribution is 1.97. The van der Waals surface area contributed by atoms with Crippen LogP contribution in [-0.2, 0) is 14.1 Å². The maximum atomic E-state index is 11.7. The summed E-state index contributed by atoms with van der Waals surface area (Å²) in [6.45, 7) is 0. The summed E-state index contributed by atoms with van der Waals surface area (Å²) in [5.74, 6) is 0. The van der Waals surface area contributed by atoms with Gasteiger partial charge in [-0.05, 0) is 0 Å². The molecule has 0 amide bonds. The van der Waals surface area contributed by atoms with Gasteiger partial charge in [0.25, 0.3) is 5.56 Å². The number of H-pyrrole nitrogens is 1. The van der Waals surface area contributed by atoms with Crippen LogP contribution in [0.2, 0.25) is 1.41 Å². The molecule has 0 radical (unpaired) electrons. The maximum absolute atomic E-state index is 11.7. The summed E-state index contributed by atoms with van der Waals surface area (Å²) in [6.07, 6.45) is -0.426. The third-order valence-electron chi connectivity index (χ3n) is 1.81. The van der Waals surface area contributed by atoms with Crippen molar-refractivity contribution in [3.63, 3.8) is 0 Å². The monoisotopic (exact) mass is 183 g/mol. The van der Waals surface area contributed by atoms with Crippen LogP contribution in [0.25, 0.3) is 11.2 Å². The fraction of sp³-hybridized carbons (Fsp3) is 0.286. The van der Waals surface area contributed by atoms with Gasteiger partial charge in [-0.15, -0.1) is 0 Å². The Labute approximate surface area is 76.7 Å². The van der Waals surface area contributed by atoms with Crippen LogP contribution < -0.4 is 11.2 Å². The molecule has 0 aliphatic heterocycles. The van der Waals surface area contributed by atoms with Crippen molar-refractivity contribution < 1.29 is 4.15 Å². The second kappa shape index (κ2) is 2.32.